The fourth-order valence-electron chi connectivity index (χ4n) is 2.75. The minimum atomic E-state index is 0.333. The molecular formula is C18H21N3. The molecule has 108 valence electrons. The largest absolute Gasteiger partial charge is 0.310 e. The summed E-state index contributed by atoms with van der Waals surface area (Å²) in [6.45, 7) is 5.45. The minimum Gasteiger partial charge on any atom is -0.310 e. The van der Waals surface area contributed by atoms with E-state index in [9.17, 15) is 0 Å². The molecular weight excluding hydrogens is 258 g/mol. The smallest absolute Gasteiger partial charge is 0.137 e. The van der Waals surface area contributed by atoms with Crippen LogP contribution in [-0.2, 0) is 0 Å². The SMILES string of the molecule is CCCNC(C)c1ccccc1-c1cccc2nccn12. The van der Waals surface area contributed by atoms with Gasteiger partial charge in [0.1, 0.15) is 5.65 Å². The lowest BCUT2D eigenvalue weighted by Crippen LogP contribution is -2.20. The number of rotatable bonds is 5. The second-order valence-corrected chi connectivity index (χ2v) is 5.33. The molecule has 0 saturated carbocycles. The number of hydrogen-bond donors (Lipinski definition) is 1. The Morgan fingerprint density at radius 1 is 1.14 bits per heavy atom. The Morgan fingerprint density at radius 3 is 2.86 bits per heavy atom. The zero-order valence-corrected chi connectivity index (χ0v) is 12.6. The van der Waals surface area contributed by atoms with Crippen molar-refractivity contribution in [1.82, 2.24) is 14.7 Å². The number of nitrogens with zero attached hydrogens (tertiary/aromatic N) is 2. The molecule has 1 atom stereocenters. The third kappa shape index (κ3) is 2.69. The normalized spacial score (nSPS) is 12.7. The monoisotopic (exact) mass is 279 g/mol. The van der Waals surface area contributed by atoms with E-state index < -0.39 is 0 Å². The average molecular weight is 279 g/mol. The third-order valence-corrected chi connectivity index (χ3v) is 3.83. The van der Waals surface area contributed by atoms with Gasteiger partial charge in [-0.2, -0.15) is 0 Å². The Balaban J connectivity index is 2.08. The van der Waals surface area contributed by atoms with Crippen LogP contribution in [0.3, 0.4) is 0 Å². The first-order valence-corrected chi connectivity index (χ1v) is 7.56. The number of fused-ring (bicyclic) bond motifs is 1. The predicted molar refractivity (Wildman–Crippen MR) is 87.3 cm³/mol. The van der Waals surface area contributed by atoms with Crippen LogP contribution >= 0.6 is 0 Å². The lowest BCUT2D eigenvalue weighted by molar-refractivity contribution is 0.571. The van der Waals surface area contributed by atoms with Crippen LogP contribution in [0.5, 0.6) is 0 Å². The van der Waals surface area contributed by atoms with Crippen molar-refractivity contribution >= 4 is 5.65 Å². The van der Waals surface area contributed by atoms with Gasteiger partial charge in [-0.3, -0.25) is 4.40 Å². The summed E-state index contributed by atoms with van der Waals surface area (Å²) in [6.07, 6.45) is 5.01. The average Bonchev–Trinajstić information content (AvgIpc) is 3.01. The first-order valence-electron chi connectivity index (χ1n) is 7.56. The molecule has 3 rings (SSSR count). The van der Waals surface area contributed by atoms with E-state index in [-0.39, 0.29) is 0 Å². The fourth-order valence-corrected chi connectivity index (χ4v) is 2.75. The van der Waals surface area contributed by atoms with E-state index in [1.54, 1.807) is 0 Å². The van der Waals surface area contributed by atoms with Crippen molar-refractivity contribution in [3.8, 4) is 11.3 Å². The second-order valence-electron chi connectivity index (χ2n) is 5.33. The van der Waals surface area contributed by atoms with Crippen LogP contribution < -0.4 is 5.32 Å². The molecule has 0 spiro atoms. The van der Waals surface area contributed by atoms with Gasteiger partial charge >= 0.3 is 0 Å². The molecule has 0 saturated heterocycles. The molecule has 0 radical (unpaired) electrons. The summed E-state index contributed by atoms with van der Waals surface area (Å²) in [5.74, 6) is 0. The maximum absolute atomic E-state index is 4.38. The predicted octanol–water partition coefficient (Wildman–Crippen LogP) is 4.06. The minimum absolute atomic E-state index is 0.333. The first-order chi connectivity index (χ1) is 10.3. The molecule has 2 heterocycles. The van der Waals surface area contributed by atoms with Gasteiger partial charge in [-0.15, -0.1) is 0 Å². The number of aromatic nitrogens is 2. The van der Waals surface area contributed by atoms with Crippen molar-refractivity contribution in [3.05, 3.63) is 60.4 Å². The summed E-state index contributed by atoms with van der Waals surface area (Å²) < 4.78 is 2.14. The summed E-state index contributed by atoms with van der Waals surface area (Å²) in [6, 6.07) is 15.2. The Labute approximate surface area is 125 Å². The van der Waals surface area contributed by atoms with Crippen molar-refractivity contribution in [2.75, 3.05) is 6.54 Å². The van der Waals surface area contributed by atoms with E-state index in [0.717, 1.165) is 18.6 Å². The Hall–Kier alpha value is -2.13. The zero-order valence-electron chi connectivity index (χ0n) is 12.6. The van der Waals surface area contributed by atoms with E-state index in [4.69, 9.17) is 0 Å². The van der Waals surface area contributed by atoms with Crippen molar-refractivity contribution in [2.24, 2.45) is 0 Å². The zero-order chi connectivity index (χ0) is 14.7. The van der Waals surface area contributed by atoms with Crippen molar-refractivity contribution in [3.63, 3.8) is 0 Å². The summed E-state index contributed by atoms with van der Waals surface area (Å²) in [5.41, 5.74) is 4.76. The number of hydrogen-bond acceptors (Lipinski definition) is 2. The Bertz CT molecular complexity index is 730. The Morgan fingerprint density at radius 2 is 2.00 bits per heavy atom. The van der Waals surface area contributed by atoms with Crippen LogP contribution in [0.1, 0.15) is 31.9 Å². The lowest BCUT2D eigenvalue weighted by Gasteiger charge is -2.18. The standard InChI is InChI=1S/C18H21N3/c1-3-11-19-14(2)15-7-4-5-8-16(15)17-9-6-10-18-20-12-13-21(17)18/h4-10,12-14,19H,3,11H2,1-2H3. The molecule has 1 aromatic carbocycles. The van der Waals surface area contributed by atoms with Crippen molar-refractivity contribution < 1.29 is 0 Å². The van der Waals surface area contributed by atoms with Gasteiger partial charge in [-0.1, -0.05) is 37.3 Å². The molecule has 0 aliphatic rings. The molecule has 21 heavy (non-hydrogen) atoms. The van der Waals surface area contributed by atoms with Gasteiger partial charge in [-0.05, 0) is 37.6 Å². The summed E-state index contributed by atoms with van der Waals surface area (Å²) in [7, 11) is 0. The van der Waals surface area contributed by atoms with E-state index in [1.165, 1.54) is 16.8 Å². The quantitative estimate of drug-likeness (QED) is 0.763. The van der Waals surface area contributed by atoms with Gasteiger partial charge in [0.2, 0.25) is 0 Å². The molecule has 3 nitrogen and oxygen atoms in total. The molecule has 0 amide bonds. The summed E-state index contributed by atoms with van der Waals surface area (Å²) in [4.78, 5) is 4.38. The van der Waals surface area contributed by atoms with E-state index in [0.29, 0.717) is 6.04 Å². The molecule has 0 aliphatic carbocycles. The molecule has 2 aromatic heterocycles. The van der Waals surface area contributed by atoms with Gasteiger partial charge < -0.3 is 5.32 Å². The van der Waals surface area contributed by atoms with Crippen LogP contribution in [0.15, 0.2) is 54.9 Å². The van der Waals surface area contributed by atoms with E-state index >= 15 is 0 Å². The van der Waals surface area contributed by atoms with Crippen LogP contribution in [0.4, 0.5) is 0 Å². The third-order valence-electron chi connectivity index (χ3n) is 3.83. The highest BCUT2D eigenvalue weighted by atomic mass is 15.0. The molecule has 3 heteroatoms. The molecule has 3 aromatic rings. The van der Waals surface area contributed by atoms with Crippen LogP contribution in [0.25, 0.3) is 16.9 Å². The van der Waals surface area contributed by atoms with Crippen LogP contribution in [-0.4, -0.2) is 15.9 Å². The highest BCUT2D eigenvalue weighted by Crippen LogP contribution is 2.28. The molecule has 1 N–H and O–H groups in total. The fraction of sp³-hybridized carbons (Fsp3) is 0.278. The van der Waals surface area contributed by atoms with Gasteiger partial charge in [0.25, 0.3) is 0 Å². The van der Waals surface area contributed by atoms with Gasteiger partial charge in [0.15, 0.2) is 0 Å². The molecule has 0 bridgehead atoms. The highest BCUT2D eigenvalue weighted by molar-refractivity contribution is 5.67. The van der Waals surface area contributed by atoms with Gasteiger partial charge in [0.05, 0.1) is 5.69 Å². The van der Waals surface area contributed by atoms with E-state index in [2.05, 4.69) is 64.9 Å². The second kappa shape index (κ2) is 6.10. The topological polar surface area (TPSA) is 29.3 Å². The Kier molecular flexibility index (Phi) is 4.02. The summed E-state index contributed by atoms with van der Waals surface area (Å²) in [5, 5.41) is 3.58. The van der Waals surface area contributed by atoms with Crippen LogP contribution in [0, 0.1) is 0 Å². The first kappa shape index (κ1) is 13.8. The lowest BCUT2D eigenvalue weighted by atomic mass is 9.98. The highest BCUT2D eigenvalue weighted by Gasteiger charge is 2.12. The van der Waals surface area contributed by atoms with E-state index in [1.807, 2.05) is 18.5 Å². The molecule has 0 fully saturated rings. The number of benzene rings is 1. The van der Waals surface area contributed by atoms with Crippen molar-refractivity contribution in [2.45, 2.75) is 26.3 Å². The maximum atomic E-state index is 4.38. The van der Waals surface area contributed by atoms with Gasteiger partial charge in [0, 0.05) is 24.0 Å². The molecule has 0 aliphatic heterocycles. The maximum Gasteiger partial charge on any atom is 0.137 e. The number of nitrogens with one attached hydrogen (secondary N) is 1. The number of imidazole rings is 1. The summed E-state index contributed by atoms with van der Waals surface area (Å²) >= 11 is 0. The number of pyridine rings is 1. The molecule has 1 unspecified atom stereocenters. The van der Waals surface area contributed by atoms with Crippen molar-refractivity contribution in [1.29, 1.82) is 0 Å². The van der Waals surface area contributed by atoms with Crippen LogP contribution in [0.2, 0.25) is 0 Å². The van der Waals surface area contributed by atoms with Gasteiger partial charge in [-0.25, -0.2) is 4.98 Å².